The van der Waals surface area contributed by atoms with Gasteiger partial charge in [0.15, 0.2) is 6.61 Å². The van der Waals surface area contributed by atoms with E-state index in [-0.39, 0.29) is 23.1 Å². The van der Waals surface area contributed by atoms with E-state index in [1.165, 1.54) is 0 Å². The molecule has 1 saturated heterocycles. The third-order valence-electron chi connectivity index (χ3n) is 3.60. The molecule has 12 heteroatoms. The third kappa shape index (κ3) is 6.78. The van der Waals surface area contributed by atoms with Crippen molar-refractivity contribution in [1.29, 1.82) is 0 Å². The molecule has 1 aliphatic heterocycles. The molecule has 0 aromatic heterocycles. The van der Waals surface area contributed by atoms with Crippen LogP contribution < -0.4 is 5.32 Å². The van der Waals surface area contributed by atoms with E-state index in [2.05, 4.69) is 5.32 Å². The molecule has 1 N–H and O–H groups in total. The van der Waals surface area contributed by atoms with Gasteiger partial charge in [-0.1, -0.05) is 0 Å². The lowest BCUT2D eigenvalue weighted by atomic mass is 10.2. The molecular weight excluding hydrogens is 397 g/mol. The molecule has 152 valence electrons. The number of esters is 1. The number of thioether (sulfide) groups is 1. The second-order valence-electron chi connectivity index (χ2n) is 5.61. The van der Waals surface area contributed by atoms with Gasteiger partial charge in [-0.2, -0.15) is 0 Å². The predicted molar refractivity (Wildman–Crippen MR) is 97.4 cm³/mol. The Labute approximate surface area is 163 Å². The highest BCUT2D eigenvalue weighted by Gasteiger charge is 2.19. The lowest BCUT2D eigenvalue weighted by molar-refractivity contribution is -0.384. The molecule has 1 aromatic carbocycles. The van der Waals surface area contributed by atoms with E-state index in [4.69, 9.17) is 9.47 Å². The monoisotopic (exact) mass is 415 g/mol. The summed E-state index contributed by atoms with van der Waals surface area (Å²) in [5, 5.41) is 13.1. The zero-order valence-electron chi connectivity index (χ0n) is 14.7. The van der Waals surface area contributed by atoms with E-state index in [9.17, 15) is 28.9 Å². The molecule has 0 spiro atoms. The topological polar surface area (TPSA) is 128 Å². The van der Waals surface area contributed by atoms with Crippen LogP contribution in [-0.2, 0) is 23.9 Å². The van der Waals surface area contributed by atoms with Crippen molar-refractivity contribution in [3.63, 3.8) is 0 Å². The molecule has 28 heavy (non-hydrogen) atoms. The van der Waals surface area contributed by atoms with Crippen molar-refractivity contribution in [2.24, 2.45) is 0 Å². The van der Waals surface area contributed by atoms with Crippen molar-refractivity contribution in [1.82, 2.24) is 4.90 Å². The molecular formula is C16H18FN3O7S. The van der Waals surface area contributed by atoms with E-state index in [0.29, 0.717) is 32.4 Å². The Bertz CT molecular complexity index is 756. The number of nitrogens with zero attached hydrogens (tertiary/aromatic N) is 2. The molecule has 0 atom stereocenters. The van der Waals surface area contributed by atoms with E-state index in [0.717, 1.165) is 23.9 Å². The number of carbonyl (C=O) groups excluding carboxylic acids is 3. The van der Waals surface area contributed by atoms with Crippen LogP contribution in [0.5, 0.6) is 0 Å². The Balaban J connectivity index is 1.70. The van der Waals surface area contributed by atoms with Gasteiger partial charge >= 0.3 is 5.97 Å². The number of amides is 2. The van der Waals surface area contributed by atoms with Crippen molar-refractivity contribution in [3.05, 3.63) is 34.1 Å². The lowest BCUT2D eigenvalue weighted by Gasteiger charge is -2.26. The van der Waals surface area contributed by atoms with Gasteiger partial charge in [-0.25, -0.2) is 4.39 Å². The van der Waals surface area contributed by atoms with Gasteiger partial charge < -0.3 is 19.7 Å². The lowest BCUT2D eigenvalue weighted by Crippen LogP contribution is -2.41. The Morgan fingerprint density at radius 2 is 2.00 bits per heavy atom. The standard InChI is InChI=1S/C16H18FN3O7S/c17-11-1-2-12(13(7-11)20(24)25)18-14(21)8-27-16(23)10-28-9-15(22)19-3-5-26-6-4-19/h1-2,7H,3-6,8-10H2,(H,18,21). The van der Waals surface area contributed by atoms with Crippen LogP contribution >= 0.6 is 11.8 Å². The SMILES string of the molecule is O=C(COC(=O)CSCC(=O)N1CCOCC1)Nc1ccc(F)cc1[N+](=O)[O-]. The Hall–Kier alpha value is -2.73. The molecule has 0 unspecified atom stereocenters. The highest BCUT2D eigenvalue weighted by Crippen LogP contribution is 2.24. The normalized spacial score (nSPS) is 13.7. The molecule has 1 aromatic rings. The second kappa shape index (κ2) is 10.6. The largest absolute Gasteiger partial charge is 0.455 e. The maximum Gasteiger partial charge on any atom is 0.316 e. The highest BCUT2D eigenvalue weighted by molar-refractivity contribution is 8.00. The fourth-order valence-electron chi connectivity index (χ4n) is 2.26. The van der Waals surface area contributed by atoms with Crippen LogP contribution in [0.1, 0.15) is 0 Å². The first-order valence-corrected chi connectivity index (χ1v) is 9.35. The average molecular weight is 415 g/mol. The van der Waals surface area contributed by atoms with Crippen molar-refractivity contribution >= 4 is 40.9 Å². The van der Waals surface area contributed by atoms with Crippen molar-refractivity contribution in [2.45, 2.75) is 0 Å². The zero-order chi connectivity index (χ0) is 20.5. The van der Waals surface area contributed by atoms with Gasteiger partial charge in [0.05, 0.1) is 35.7 Å². The van der Waals surface area contributed by atoms with E-state index < -0.39 is 34.9 Å². The maximum absolute atomic E-state index is 13.1. The van der Waals surface area contributed by atoms with Gasteiger partial charge in [-0.3, -0.25) is 24.5 Å². The third-order valence-corrected chi connectivity index (χ3v) is 4.49. The molecule has 0 radical (unpaired) electrons. The summed E-state index contributed by atoms with van der Waals surface area (Å²) in [6.45, 7) is 1.34. The molecule has 2 rings (SSSR count). The summed E-state index contributed by atoms with van der Waals surface area (Å²) in [6.07, 6.45) is 0. The number of nitrogens with one attached hydrogen (secondary N) is 1. The number of nitro groups is 1. The summed E-state index contributed by atoms with van der Waals surface area (Å²) in [6, 6.07) is 2.67. The molecule has 2 amide bonds. The number of nitro benzene ring substituents is 1. The van der Waals surface area contributed by atoms with Crippen LogP contribution in [0.25, 0.3) is 0 Å². The summed E-state index contributed by atoms with van der Waals surface area (Å²) in [4.78, 5) is 47.0. The van der Waals surface area contributed by atoms with Gasteiger partial charge in [0.25, 0.3) is 11.6 Å². The van der Waals surface area contributed by atoms with Crippen LogP contribution in [0.15, 0.2) is 18.2 Å². The van der Waals surface area contributed by atoms with Crippen molar-refractivity contribution in [3.8, 4) is 0 Å². The summed E-state index contributed by atoms with van der Waals surface area (Å²) in [7, 11) is 0. The number of ether oxygens (including phenoxy) is 2. The molecule has 0 saturated carbocycles. The van der Waals surface area contributed by atoms with Crippen molar-refractivity contribution < 1.29 is 33.2 Å². The van der Waals surface area contributed by atoms with Crippen LogP contribution in [0.4, 0.5) is 15.8 Å². The Morgan fingerprint density at radius 1 is 1.29 bits per heavy atom. The quantitative estimate of drug-likeness (QED) is 0.375. The Morgan fingerprint density at radius 3 is 2.68 bits per heavy atom. The number of hydrogen-bond donors (Lipinski definition) is 1. The minimum Gasteiger partial charge on any atom is -0.455 e. The van der Waals surface area contributed by atoms with E-state index in [1.807, 2.05) is 0 Å². The minimum absolute atomic E-state index is 0.100. The first-order chi connectivity index (χ1) is 13.4. The molecule has 10 nitrogen and oxygen atoms in total. The molecule has 0 bridgehead atoms. The van der Waals surface area contributed by atoms with Gasteiger partial charge in [0.1, 0.15) is 11.5 Å². The first kappa shape index (κ1) is 21.6. The van der Waals surface area contributed by atoms with E-state index >= 15 is 0 Å². The summed E-state index contributed by atoms with van der Waals surface area (Å²) >= 11 is 1.06. The average Bonchev–Trinajstić information content (AvgIpc) is 2.68. The number of halogens is 1. The van der Waals surface area contributed by atoms with Crippen LogP contribution in [0, 0.1) is 15.9 Å². The first-order valence-electron chi connectivity index (χ1n) is 8.19. The van der Waals surface area contributed by atoms with Gasteiger partial charge in [0, 0.05) is 13.1 Å². The summed E-state index contributed by atoms with van der Waals surface area (Å²) in [5.74, 6) is -2.47. The van der Waals surface area contributed by atoms with Crippen LogP contribution in [0.3, 0.4) is 0 Å². The van der Waals surface area contributed by atoms with Crippen molar-refractivity contribution in [2.75, 3.05) is 49.7 Å². The zero-order valence-corrected chi connectivity index (χ0v) is 15.5. The molecule has 0 aliphatic carbocycles. The molecule has 1 aliphatic rings. The maximum atomic E-state index is 13.1. The highest BCUT2D eigenvalue weighted by atomic mass is 32.2. The minimum atomic E-state index is -0.840. The summed E-state index contributed by atoms with van der Waals surface area (Å²) in [5.41, 5.74) is -0.824. The molecule has 1 fully saturated rings. The molecule has 1 heterocycles. The second-order valence-corrected chi connectivity index (χ2v) is 6.60. The predicted octanol–water partition coefficient (Wildman–Crippen LogP) is 0.808. The number of anilines is 1. The number of hydrogen-bond acceptors (Lipinski definition) is 8. The fraction of sp³-hybridized carbons (Fsp3) is 0.438. The smallest absolute Gasteiger partial charge is 0.316 e. The Kier molecular flexibility index (Phi) is 8.14. The number of rotatable bonds is 8. The van der Waals surface area contributed by atoms with Gasteiger partial charge in [0.2, 0.25) is 5.91 Å². The number of benzene rings is 1. The van der Waals surface area contributed by atoms with Crippen LogP contribution in [-0.4, -0.2) is 72.0 Å². The van der Waals surface area contributed by atoms with E-state index in [1.54, 1.807) is 4.90 Å². The summed E-state index contributed by atoms with van der Waals surface area (Å²) < 4.78 is 23.0. The van der Waals surface area contributed by atoms with Crippen LogP contribution in [0.2, 0.25) is 0 Å². The van der Waals surface area contributed by atoms with Gasteiger partial charge in [-0.05, 0) is 12.1 Å². The van der Waals surface area contributed by atoms with Gasteiger partial charge in [-0.15, -0.1) is 11.8 Å². The number of carbonyl (C=O) groups is 3. The number of morpholine rings is 1. The fourth-order valence-corrected chi connectivity index (χ4v) is 2.97.